The second kappa shape index (κ2) is 10.8. The minimum absolute atomic E-state index is 0.615. The van der Waals surface area contributed by atoms with Crippen LogP contribution in [0.25, 0.3) is 0 Å². The Morgan fingerprint density at radius 3 is 2.08 bits per heavy atom. The maximum Gasteiger partial charge on any atom is 0.481 e. The molecule has 2 saturated heterocycles. The quantitative estimate of drug-likeness (QED) is 0.131. The van der Waals surface area contributed by atoms with Crippen molar-refractivity contribution in [1.82, 2.24) is 9.55 Å². The molecule has 2 fully saturated rings. The van der Waals surface area contributed by atoms with Gasteiger partial charge < -0.3 is 54.8 Å². The van der Waals surface area contributed by atoms with Gasteiger partial charge in [0.25, 0.3) is 5.56 Å². The number of H-pyrrole nitrogens is 1. The van der Waals surface area contributed by atoms with Crippen LogP contribution >= 0.6 is 15.6 Å². The van der Waals surface area contributed by atoms with Crippen LogP contribution < -0.4 is 11.2 Å². The van der Waals surface area contributed by atoms with Gasteiger partial charge >= 0.3 is 21.3 Å². The summed E-state index contributed by atoms with van der Waals surface area (Å²) < 4.78 is 43.1. The van der Waals surface area contributed by atoms with Gasteiger partial charge in [-0.15, -0.1) is 0 Å². The lowest BCUT2D eigenvalue weighted by molar-refractivity contribution is -0.260. The predicted molar refractivity (Wildman–Crippen MR) is 109 cm³/mol. The van der Waals surface area contributed by atoms with E-state index in [-0.39, 0.29) is 0 Å². The van der Waals surface area contributed by atoms with Crippen molar-refractivity contribution in [3.05, 3.63) is 33.1 Å². The Balaban J connectivity index is 2.02. The number of aromatic amines is 1. The average Bonchev–Trinajstić information content (AvgIpc) is 3.04. The first-order valence-corrected chi connectivity index (χ1v) is 13.0. The van der Waals surface area contributed by atoms with Gasteiger partial charge in [0.1, 0.15) is 54.9 Å². The molecule has 3 rings (SSSR count). The van der Waals surface area contributed by atoms with Crippen LogP contribution in [-0.4, -0.2) is 116 Å². The van der Waals surface area contributed by atoms with Crippen LogP contribution in [0.4, 0.5) is 0 Å². The minimum Gasteiger partial charge on any atom is -0.394 e. The molecule has 0 radical (unpaired) electrons. The van der Waals surface area contributed by atoms with Gasteiger partial charge in [0.2, 0.25) is 0 Å². The van der Waals surface area contributed by atoms with Crippen LogP contribution in [0.15, 0.2) is 21.9 Å². The van der Waals surface area contributed by atoms with E-state index in [1.54, 1.807) is 0 Å². The van der Waals surface area contributed by atoms with Gasteiger partial charge in [-0.3, -0.25) is 18.9 Å². The second-order valence-electron chi connectivity index (χ2n) is 7.89. The van der Waals surface area contributed by atoms with Gasteiger partial charge in [-0.1, -0.05) is 0 Å². The fraction of sp³-hybridized carbons (Fsp3) is 0.733. The van der Waals surface area contributed by atoms with Gasteiger partial charge in [0.05, 0.1) is 6.61 Å². The van der Waals surface area contributed by atoms with Crippen LogP contribution in [-0.2, 0) is 27.4 Å². The van der Waals surface area contributed by atoms with E-state index < -0.39 is 94.7 Å². The normalized spacial score (nSPS) is 38.0. The fourth-order valence-electron chi connectivity index (χ4n) is 3.83. The van der Waals surface area contributed by atoms with Crippen LogP contribution in [0.1, 0.15) is 6.23 Å². The van der Waals surface area contributed by atoms with E-state index in [9.17, 15) is 54.3 Å². The van der Waals surface area contributed by atoms with Crippen molar-refractivity contribution in [1.29, 1.82) is 0 Å². The summed E-state index contributed by atoms with van der Waals surface area (Å²) in [6.45, 7) is -0.962. The second-order valence-corrected chi connectivity index (χ2v) is 10.7. The fourth-order valence-corrected chi connectivity index (χ4v) is 5.61. The summed E-state index contributed by atoms with van der Waals surface area (Å²) in [6.07, 6.45) is -19.2. The van der Waals surface area contributed by atoms with Crippen molar-refractivity contribution in [2.75, 3.05) is 6.61 Å². The molecular formula is C15H24N2O17P2. The van der Waals surface area contributed by atoms with Gasteiger partial charge in [0.15, 0.2) is 6.23 Å². The molecule has 0 amide bonds. The van der Waals surface area contributed by atoms with Gasteiger partial charge in [0, 0.05) is 12.3 Å². The maximum atomic E-state index is 12.3. The number of hydrogen-bond donors (Lipinski definition) is 10. The predicted octanol–water partition coefficient (Wildman–Crippen LogP) is -5.41. The van der Waals surface area contributed by atoms with Gasteiger partial charge in [-0.2, -0.15) is 4.31 Å². The van der Waals surface area contributed by atoms with Crippen molar-refractivity contribution in [2.45, 2.75) is 61.2 Å². The highest BCUT2D eigenvalue weighted by atomic mass is 31.3. The van der Waals surface area contributed by atoms with Crippen molar-refractivity contribution < 1.29 is 72.8 Å². The zero-order chi connectivity index (χ0) is 27.2. The van der Waals surface area contributed by atoms with Crippen molar-refractivity contribution >= 4 is 15.6 Å². The lowest BCUT2D eigenvalue weighted by atomic mass is 9.89. The Morgan fingerprint density at radius 2 is 1.53 bits per heavy atom. The van der Waals surface area contributed by atoms with E-state index in [4.69, 9.17) is 23.8 Å². The molecule has 3 heterocycles. The highest BCUT2D eigenvalue weighted by Crippen LogP contribution is 2.59. The number of nitrogens with zero attached hydrogens (tertiary/aromatic N) is 1. The van der Waals surface area contributed by atoms with Crippen molar-refractivity contribution in [3.63, 3.8) is 0 Å². The zero-order valence-electron chi connectivity index (χ0n) is 17.8. The summed E-state index contributed by atoms with van der Waals surface area (Å²) in [5.74, 6) is 0. The van der Waals surface area contributed by atoms with E-state index in [1.165, 1.54) is 0 Å². The third-order valence-electron chi connectivity index (χ3n) is 5.44. The Bertz CT molecular complexity index is 1130. The summed E-state index contributed by atoms with van der Waals surface area (Å²) >= 11 is 0. The molecule has 2 aliphatic heterocycles. The molecule has 1 aromatic heterocycles. The average molecular weight is 566 g/mol. The molecule has 206 valence electrons. The summed E-state index contributed by atoms with van der Waals surface area (Å²) in [6, 6.07) is 0.860. The number of aromatic nitrogens is 2. The number of aliphatic hydroxyl groups excluding tert-OH is 6. The van der Waals surface area contributed by atoms with Gasteiger partial charge in [-0.25, -0.2) is 13.9 Å². The first-order chi connectivity index (χ1) is 16.6. The van der Waals surface area contributed by atoms with E-state index in [1.807, 2.05) is 4.98 Å². The molecule has 10 N–H and O–H groups in total. The summed E-state index contributed by atoms with van der Waals surface area (Å²) in [5, 5.41) is 61.0. The summed E-state index contributed by atoms with van der Waals surface area (Å²) in [5.41, 5.74) is -1.93. The number of aliphatic hydroxyl groups is 6. The lowest BCUT2D eigenvalue weighted by Gasteiger charge is -2.44. The van der Waals surface area contributed by atoms with Crippen LogP contribution in [0.3, 0.4) is 0 Å². The Labute approximate surface area is 199 Å². The first-order valence-electron chi connectivity index (χ1n) is 9.98. The topological polar surface area (TPSA) is 308 Å². The Hall–Kier alpha value is -1.38. The van der Waals surface area contributed by atoms with Crippen LogP contribution in [0, 0.1) is 0 Å². The molecule has 36 heavy (non-hydrogen) atoms. The Morgan fingerprint density at radius 1 is 0.944 bits per heavy atom. The SMILES string of the molecule is O=c1ccn([C@@H]2O[C@H]([C@@H](OP(=O)(O)OP(=O)(O)O)[C@H]3O[C@H](CO)[C@H](O)[C@H](O)[C@H]3O)[C@@H](O)[C@H]2O)c(=O)[nH]1. The molecule has 0 spiro atoms. The Kier molecular flexibility index (Phi) is 8.73. The maximum absolute atomic E-state index is 12.3. The summed E-state index contributed by atoms with van der Waals surface area (Å²) in [7, 11) is -11.5. The number of phosphoric ester groups is 1. The minimum atomic E-state index is -5.78. The highest BCUT2D eigenvalue weighted by molar-refractivity contribution is 7.60. The number of hydrogen-bond acceptors (Lipinski definition) is 14. The zero-order valence-corrected chi connectivity index (χ0v) is 19.6. The number of phosphoric acid groups is 2. The number of ether oxygens (including phenoxy) is 2. The number of rotatable bonds is 8. The molecule has 0 aliphatic carbocycles. The molecular weight excluding hydrogens is 542 g/mol. The number of nitrogens with one attached hydrogen (secondary N) is 1. The third kappa shape index (κ3) is 6.18. The molecule has 11 atom stereocenters. The third-order valence-corrected chi connectivity index (χ3v) is 7.63. The smallest absolute Gasteiger partial charge is 0.394 e. The van der Waals surface area contributed by atoms with E-state index in [0.717, 1.165) is 12.3 Å². The molecule has 0 bridgehead atoms. The van der Waals surface area contributed by atoms with Crippen LogP contribution in [0.2, 0.25) is 0 Å². The van der Waals surface area contributed by atoms with Crippen LogP contribution in [0.5, 0.6) is 0 Å². The van der Waals surface area contributed by atoms with Crippen molar-refractivity contribution in [2.24, 2.45) is 0 Å². The highest BCUT2D eigenvalue weighted by Gasteiger charge is 2.57. The molecule has 1 aromatic rings. The van der Waals surface area contributed by atoms with E-state index >= 15 is 0 Å². The summed E-state index contributed by atoms with van der Waals surface area (Å²) in [4.78, 5) is 52.9. The molecule has 1 unspecified atom stereocenters. The molecule has 0 saturated carbocycles. The molecule has 2 aliphatic rings. The standard InChI is InChI=1S/C15H24N2O17P2/c18-3-4-6(20)7(21)8(22)11(31-4)13(33-36(29,30)34-35(26,27)28)12-9(23)10(24)14(32-12)17-2-1-5(19)16-15(17)25/h1-2,4,6-14,18,20-24H,3H2,(H,29,30)(H,16,19,25)(H2,26,27,28)/t4-,6+,7+,8-,9+,10-,11+,12+,13+,14-/m1/s1. The monoisotopic (exact) mass is 566 g/mol. The molecule has 19 nitrogen and oxygen atoms in total. The largest absolute Gasteiger partial charge is 0.481 e. The lowest BCUT2D eigenvalue weighted by Crippen LogP contribution is -2.64. The van der Waals surface area contributed by atoms with Gasteiger partial charge in [-0.05, 0) is 0 Å². The van der Waals surface area contributed by atoms with E-state index in [0.29, 0.717) is 4.57 Å². The first kappa shape index (κ1) is 29.2. The molecule has 21 heteroatoms. The van der Waals surface area contributed by atoms with E-state index in [2.05, 4.69) is 4.31 Å². The molecule has 0 aromatic carbocycles. The van der Waals surface area contributed by atoms with Crippen molar-refractivity contribution in [3.8, 4) is 0 Å².